The lowest BCUT2D eigenvalue weighted by Gasteiger charge is -2.10. The fourth-order valence-corrected chi connectivity index (χ4v) is 2.25. The highest BCUT2D eigenvalue weighted by Crippen LogP contribution is 2.19. The van der Waals surface area contributed by atoms with Crippen LogP contribution in [0.3, 0.4) is 0 Å². The maximum absolute atomic E-state index is 5.83. The van der Waals surface area contributed by atoms with Crippen molar-refractivity contribution in [3.8, 4) is 0 Å². The molecule has 0 aromatic carbocycles. The van der Waals surface area contributed by atoms with Crippen LogP contribution >= 0.6 is 23.4 Å². The van der Waals surface area contributed by atoms with Gasteiger partial charge < -0.3 is 4.90 Å². The van der Waals surface area contributed by atoms with E-state index in [0.717, 1.165) is 12.2 Å². The maximum atomic E-state index is 5.83. The van der Waals surface area contributed by atoms with Gasteiger partial charge in [0.1, 0.15) is 0 Å². The molecular formula is C10H17ClN4S. The third-order valence-electron chi connectivity index (χ3n) is 1.90. The normalized spacial score (nSPS) is 10.9. The van der Waals surface area contributed by atoms with Gasteiger partial charge in [-0.15, -0.1) is 0 Å². The Morgan fingerprint density at radius 2 is 1.94 bits per heavy atom. The largest absolute Gasteiger partial charge is 0.347 e. The first-order valence-electron chi connectivity index (χ1n) is 5.20. The zero-order valence-corrected chi connectivity index (χ0v) is 11.6. The highest BCUT2D eigenvalue weighted by Gasteiger charge is 2.07. The second kappa shape index (κ2) is 6.25. The molecule has 1 rings (SSSR count). The van der Waals surface area contributed by atoms with Crippen molar-refractivity contribution >= 4 is 29.3 Å². The second-order valence-corrected chi connectivity index (χ2v) is 5.51. The van der Waals surface area contributed by atoms with Gasteiger partial charge in [0.2, 0.25) is 11.2 Å². The summed E-state index contributed by atoms with van der Waals surface area (Å²) >= 11 is 7.45. The molecule has 4 nitrogen and oxygen atoms in total. The molecule has 0 fully saturated rings. The summed E-state index contributed by atoms with van der Waals surface area (Å²) in [6.45, 7) is 4.40. The molecule has 90 valence electrons. The molecule has 0 saturated heterocycles. The fraction of sp³-hybridized carbons (Fsp3) is 0.700. The molecule has 0 radical (unpaired) electrons. The Kier molecular flexibility index (Phi) is 5.28. The molecule has 1 aromatic heterocycles. The molecule has 0 saturated carbocycles. The summed E-state index contributed by atoms with van der Waals surface area (Å²) < 4.78 is 0. The number of halogens is 1. The van der Waals surface area contributed by atoms with Crippen LogP contribution in [0.4, 0.5) is 5.95 Å². The number of nitrogens with zero attached hydrogens (tertiary/aromatic N) is 4. The van der Waals surface area contributed by atoms with E-state index >= 15 is 0 Å². The number of anilines is 1. The van der Waals surface area contributed by atoms with Crippen molar-refractivity contribution in [3.05, 3.63) is 5.28 Å². The first-order valence-corrected chi connectivity index (χ1v) is 6.57. The van der Waals surface area contributed by atoms with Crippen LogP contribution in [0.5, 0.6) is 0 Å². The van der Waals surface area contributed by atoms with Crippen molar-refractivity contribution in [2.75, 3.05) is 24.7 Å². The van der Waals surface area contributed by atoms with Gasteiger partial charge >= 0.3 is 0 Å². The van der Waals surface area contributed by atoms with Gasteiger partial charge in [-0.25, -0.2) is 0 Å². The van der Waals surface area contributed by atoms with Gasteiger partial charge in [0.15, 0.2) is 5.16 Å². The van der Waals surface area contributed by atoms with E-state index in [1.54, 1.807) is 11.8 Å². The van der Waals surface area contributed by atoms with Crippen LogP contribution in [0.2, 0.25) is 5.28 Å². The molecule has 1 heterocycles. The maximum Gasteiger partial charge on any atom is 0.230 e. The van der Waals surface area contributed by atoms with Crippen molar-refractivity contribution in [1.82, 2.24) is 15.0 Å². The number of hydrogen-bond acceptors (Lipinski definition) is 5. The number of rotatable bonds is 5. The predicted molar refractivity (Wildman–Crippen MR) is 69.3 cm³/mol. The van der Waals surface area contributed by atoms with Gasteiger partial charge in [0.05, 0.1) is 0 Å². The summed E-state index contributed by atoms with van der Waals surface area (Å²) in [6, 6.07) is 0. The molecule has 0 N–H and O–H groups in total. The third-order valence-corrected chi connectivity index (χ3v) is 2.95. The average molecular weight is 261 g/mol. The molecule has 1 aromatic rings. The van der Waals surface area contributed by atoms with Gasteiger partial charge in [-0.2, -0.15) is 15.0 Å². The molecule has 0 amide bonds. The molecule has 16 heavy (non-hydrogen) atoms. The lowest BCUT2D eigenvalue weighted by Crippen LogP contribution is -2.13. The first kappa shape index (κ1) is 13.5. The Morgan fingerprint density at radius 1 is 1.25 bits per heavy atom. The third kappa shape index (κ3) is 4.53. The lowest BCUT2D eigenvalue weighted by molar-refractivity contribution is 0.631. The Hall–Kier alpha value is -0.550. The zero-order valence-electron chi connectivity index (χ0n) is 10.1. The summed E-state index contributed by atoms with van der Waals surface area (Å²) in [6.07, 6.45) is 1.14. The van der Waals surface area contributed by atoms with E-state index in [1.807, 2.05) is 19.0 Å². The van der Waals surface area contributed by atoms with Crippen LogP contribution in [0.1, 0.15) is 20.3 Å². The first-order chi connectivity index (χ1) is 7.49. The summed E-state index contributed by atoms with van der Waals surface area (Å²) in [4.78, 5) is 14.3. The van der Waals surface area contributed by atoms with Crippen molar-refractivity contribution in [3.63, 3.8) is 0 Å². The molecule has 0 spiro atoms. The minimum Gasteiger partial charge on any atom is -0.347 e. The number of aromatic nitrogens is 3. The zero-order chi connectivity index (χ0) is 12.1. The Labute approximate surface area is 106 Å². The lowest BCUT2D eigenvalue weighted by atomic mass is 10.2. The van der Waals surface area contributed by atoms with Crippen molar-refractivity contribution < 1.29 is 0 Å². The van der Waals surface area contributed by atoms with Crippen LogP contribution in [-0.4, -0.2) is 34.8 Å². The SMILES string of the molecule is CC(C)CCSc1nc(Cl)nc(N(C)C)n1. The predicted octanol–water partition coefficient (Wildman–Crippen LogP) is 2.73. The van der Waals surface area contributed by atoms with E-state index in [4.69, 9.17) is 11.6 Å². The molecule has 0 atom stereocenters. The van der Waals surface area contributed by atoms with E-state index in [-0.39, 0.29) is 5.28 Å². The average Bonchev–Trinajstić information content (AvgIpc) is 2.16. The number of hydrogen-bond donors (Lipinski definition) is 0. The van der Waals surface area contributed by atoms with Crippen LogP contribution in [0, 0.1) is 5.92 Å². The highest BCUT2D eigenvalue weighted by atomic mass is 35.5. The van der Waals surface area contributed by atoms with E-state index in [2.05, 4.69) is 28.8 Å². The van der Waals surface area contributed by atoms with E-state index in [0.29, 0.717) is 17.0 Å². The summed E-state index contributed by atoms with van der Waals surface area (Å²) in [7, 11) is 3.77. The van der Waals surface area contributed by atoms with Crippen LogP contribution in [0.15, 0.2) is 5.16 Å². The Balaban J connectivity index is 2.65. The van der Waals surface area contributed by atoms with E-state index < -0.39 is 0 Å². The Morgan fingerprint density at radius 3 is 2.50 bits per heavy atom. The molecule has 0 aliphatic heterocycles. The second-order valence-electron chi connectivity index (χ2n) is 4.11. The van der Waals surface area contributed by atoms with Crippen LogP contribution in [-0.2, 0) is 0 Å². The molecule has 0 aliphatic rings. The summed E-state index contributed by atoms with van der Waals surface area (Å²) in [5, 5.41) is 0.954. The fourth-order valence-electron chi connectivity index (χ4n) is 0.972. The monoisotopic (exact) mass is 260 g/mol. The molecule has 0 aliphatic carbocycles. The Bertz CT molecular complexity index is 344. The minimum absolute atomic E-state index is 0.255. The van der Waals surface area contributed by atoms with Gasteiger partial charge in [0.25, 0.3) is 0 Å². The molecular weight excluding hydrogens is 244 g/mol. The molecule has 0 unspecified atom stereocenters. The van der Waals surface area contributed by atoms with E-state index in [9.17, 15) is 0 Å². The van der Waals surface area contributed by atoms with E-state index in [1.165, 1.54) is 0 Å². The van der Waals surface area contributed by atoms with Crippen molar-refractivity contribution in [2.45, 2.75) is 25.4 Å². The summed E-state index contributed by atoms with van der Waals surface area (Å²) in [5.41, 5.74) is 0. The smallest absolute Gasteiger partial charge is 0.230 e. The van der Waals surface area contributed by atoms with Gasteiger partial charge in [-0.3, -0.25) is 0 Å². The summed E-state index contributed by atoms with van der Waals surface area (Å²) in [5.74, 6) is 2.30. The van der Waals surface area contributed by atoms with Gasteiger partial charge in [0, 0.05) is 19.8 Å². The van der Waals surface area contributed by atoms with Crippen molar-refractivity contribution in [2.24, 2.45) is 5.92 Å². The van der Waals surface area contributed by atoms with Gasteiger partial charge in [-0.1, -0.05) is 25.6 Å². The number of thioether (sulfide) groups is 1. The topological polar surface area (TPSA) is 41.9 Å². The molecule has 0 bridgehead atoms. The van der Waals surface area contributed by atoms with Gasteiger partial charge in [-0.05, 0) is 23.9 Å². The minimum atomic E-state index is 0.255. The van der Waals surface area contributed by atoms with Crippen LogP contribution < -0.4 is 4.90 Å². The standard InChI is InChI=1S/C10H17ClN4S/c1-7(2)5-6-16-10-13-8(11)12-9(14-10)15(3)4/h7H,5-6H2,1-4H3. The molecule has 6 heteroatoms. The van der Waals surface area contributed by atoms with Crippen molar-refractivity contribution in [1.29, 1.82) is 0 Å². The quantitative estimate of drug-likeness (QED) is 0.762. The van der Waals surface area contributed by atoms with Crippen LogP contribution in [0.25, 0.3) is 0 Å². The highest BCUT2D eigenvalue weighted by molar-refractivity contribution is 7.99.